The van der Waals surface area contributed by atoms with Gasteiger partial charge in [0.25, 0.3) is 5.91 Å². The molecule has 0 saturated carbocycles. The molecule has 3 aromatic carbocycles. The molecule has 0 bridgehead atoms. The molecule has 4 atom stereocenters. The van der Waals surface area contributed by atoms with E-state index in [1.165, 1.54) is 48.3 Å². The van der Waals surface area contributed by atoms with Gasteiger partial charge in [0.1, 0.15) is 48.5 Å². The minimum absolute atomic E-state index is 0.0166. The highest BCUT2D eigenvalue weighted by atomic mass is 19.1. The summed E-state index contributed by atoms with van der Waals surface area (Å²) >= 11 is 0. The van der Waals surface area contributed by atoms with Crippen molar-refractivity contribution in [2.24, 2.45) is 5.92 Å². The topological polar surface area (TPSA) is 212 Å². The quantitative estimate of drug-likeness (QED) is 0.0435. The van der Waals surface area contributed by atoms with Gasteiger partial charge in [-0.25, -0.2) is 9.18 Å². The van der Waals surface area contributed by atoms with E-state index >= 15 is 4.39 Å². The second-order valence-corrected chi connectivity index (χ2v) is 18.9. The zero-order valence-electron chi connectivity index (χ0n) is 42.2. The molecule has 0 fully saturated rings. The van der Waals surface area contributed by atoms with Crippen molar-refractivity contribution in [3.05, 3.63) is 138 Å². The van der Waals surface area contributed by atoms with Crippen LogP contribution in [0.3, 0.4) is 0 Å². The average molecular weight is 992 g/mol. The fraction of sp³-hybridized carbons (Fsp3) is 0.407. The van der Waals surface area contributed by atoms with E-state index in [9.17, 15) is 28.8 Å². The zero-order chi connectivity index (χ0) is 52.5. The van der Waals surface area contributed by atoms with Crippen LogP contribution in [0.5, 0.6) is 5.75 Å². The number of hydrogen-bond donors (Lipinski definition) is 3. The minimum atomic E-state index is -1.46. The summed E-state index contributed by atoms with van der Waals surface area (Å²) in [4.78, 5) is 91.0. The molecule has 5 amide bonds. The van der Waals surface area contributed by atoms with Crippen molar-refractivity contribution in [3.63, 3.8) is 0 Å². The van der Waals surface area contributed by atoms with E-state index in [4.69, 9.17) is 18.7 Å². The second-order valence-electron chi connectivity index (χ2n) is 18.9. The van der Waals surface area contributed by atoms with E-state index in [1.807, 2.05) is 74.5 Å². The van der Waals surface area contributed by atoms with Crippen molar-refractivity contribution in [2.45, 2.75) is 103 Å². The number of nitrogens with zero attached hydrogens (tertiary/aromatic N) is 4. The van der Waals surface area contributed by atoms with Crippen LogP contribution in [0.15, 0.2) is 108 Å². The fourth-order valence-corrected chi connectivity index (χ4v) is 7.85. The lowest BCUT2D eigenvalue weighted by molar-refractivity contribution is -0.156. The molecule has 2 heterocycles. The maximum atomic E-state index is 15.1. The standard InChI is InChI=1S/C54H66FN7O10/c1-10-25-69-53(68)62(9)45(26-34(2)3)52(67)61(8)44(29-37-19-15-12-16-20-37)50(65)58-39(28-36-17-13-11-14-18-36)33-70-46-32-57-42-22-21-38(55)30-41(42)48(46)51(66)59-43(31-47(63)71-54(5,6)7)49(64)56-24-23-40-27-35(4)60-72-40/h10-22,27,30,32,34,39,43-45H,1,23-26,28-29,31,33H2,2-9H3,(H,56,64)(H,58,65)(H,59,66)/t39-,43+,44-,45+/m1/s1. The van der Waals surface area contributed by atoms with Crippen molar-refractivity contribution < 1.29 is 51.9 Å². The Morgan fingerprint density at radius 3 is 2.14 bits per heavy atom. The third-order valence-electron chi connectivity index (χ3n) is 11.3. The molecule has 0 aliphatic heterocycles. The summed E-state index contributed by atoms with van der Waals surface area (Å²) in [5.74, 6) is -3.68. The Labute approximate surface area is 419 Å². The minimum Gasteiger partial charge on any atom is -0.489 e. The molecule has 72 heavy (non-hydrogen) atoms. The first-order valence-electron chi connectivity index (χ1n) is 23.8. The molecule has 0 aliphatic rings. The summed E-state index contributed by atoms with van der Waals surface area (Å²) in [6, 6.07) is 19.5. The van der Waals surface area contributed by atoms with E-state index < -0.39 is 77.7 Å². The molecule has 5 rings (SSSR count). The lowest BCUT2D eigenvalue weighted by atomic mass is 9.98. The number of hydrogen-bond acceptors (Lipinski definition) is 12. The van der Waals surface area contributed by atoms with Crippen molar-refractivity contribution in [1.82, 2.24) is 35.9 Å². The Bertz CT molecular complexity index is 2650. The summed E-state index contributed by atoms with van der Waals surface area (Å²) in [6.07, 6.45) is 2.32. The zero-order valence-corrected chi connectivity index (χ0v) is 42.2. The van der Waals surface area contributed by atoms with Crippen molar-refractivity contribution in [3.8, 4) is 5.75 Å². The second kappa shape index (κ2) is 26.0. The van der Waals surface area contributed by atoms with Gasteiger partial charge in [0.2, 0.25) is 17.7 Å². The lowest BCUT2D eigenvalue weighted by Gasteiger charge is -2.35. The van der Waals surface area contributed by atoms with Crippen LogP contribution >= 0.6 is 0 Å². The van der Waals surface area contributed by atoms with Crippen LogP contribution in [-0.4, -0.2) is 119 Å². The Morgan fingerprint density at radius 2 is 1.53 bits per heavy atom. The van der Waals surface area contributed by atoms with Gasteiger partial charge in [-0.15, -0.1) is 0 Å². The molecule has 0 spiro atoms. The number of nitrogens with one attached hydrogen (secondary N) is 3. The molecule has 0 saturated heterocycles. The number of esters is 1. The number of aromatic nitrogens is 2. The van der Waals surface area contributed by atoms with Gasteiger partial charge in [0.05, 0.1) is 35.4 Å². The summed E-state index contributed by atoms with van der Waals surface area (Å²) < 4.78 is 37.5. The van der Waals surface area contributed by atoms with Gasteiger partial charge in [-0.2, -0.15) is 0 Å². The Hall–Kier alpha value is -7.63. The molecule has 0 unspecified atom stereocenters. The first-order valence-corrected chi connectivity index (χ1v) is 23.8. The van der Waals surface area contributed by atoms with Crippen LogP contribution in [0.1, 0.15) is 80.4 Å². The number of carbonyl (C=O) groups excluding carboxylic acids is 6. The first kappa shape index (κ1) is 55.3. The van der Waals surface area contributed by atoms with Crippen LogP contribution in [-0.2, 0) is 47.9 Å². The Morgan fingerprint density at radius 1 is 0.861 bits per heavy atom. The van der Waals surface area contributed by atoms with Crippen molar-refractivity contribution in [1.29, 1.82) is 0 Å². The normalized spacial score (nSPS) is 13.0. The Balaban J connectivity index is 1.48. The van der Waals surface area contributed by atoms with Gasteiger partial charge in [-0.1, -0.05) is 92.3 Å². The summed E-state index contributed by atoms with van der Waals surface area (Å²) in [7, 11) is 3.00. The van der Waals surface area contributed by atoms with Gasteiger partial charge in [0, 0.05) is 44.9 Å². The molecule has 0 radical (unpaired) electrons. The SMILES string of the molecule is C=CCOC(=O)N(C)[C@@H](CC(C)C)C(=O)N(C)[C@H](Cc1ccccc1)C(=O)N[C@@H](COc1cnc2ccc(F)cc2c1C(=O)N[C@@H](CC(=O)OC(C)(C)C)C(=O)NCCc1cc(C)no1)Cc1ccccc1. The lowest BCUT2D eigenvalue weighted by Crippen LogP contribution is -2.57. The smallest absolute Gasteiger partial charge is 0.410 e. The third kappa shape index (κ3) is 16.5. The highest BCUT2D eigenvalue weighted by Crippen LogP contribution is 2.28. The third-order valence-corrected chi connectivity index (χ3v) is 11.3. The molecule has 3 N–H and O–H groups in total. The monoisotopic (exact) mass is 991 g/mol. The molecular formula is C54H66FN7O10. The number of halogens is 1. The van der Waals surface area contributed by atoms with Crippen LogP contribution in [0, 0.1) is 18.7 Å². The maximum absolute atomic E-state index is 15.1. The van der Waals surface area contributed by atoms with Crippen LogP contribution in [0.25, 0.3) is 10.9 Å². The highest BCUT2D eigenvalue weighted by Gasteiger charge is 2.37. The summed E-state index contributed by atoms with van der Waals surface area (Å²) in [5, 5.41) is 12.4. The number of rotatable bonds is 24. The summed E-state index contributed by atoms with van der Waals surface area (Å²) in [6.45, 7) is 14.0. The Kier molecular flexibility index (Phi) is 20.0. The molecule has 5 aromatic rings. The van der Waals surface area contributed by atoms with Crippen molar-refractivity contribution in [2.75, 3.05) is 33.9 Å². The van der Waals surface area contributed by atoms with Gasteiger partial charge < -0.3 is 39.6 Å². The van der Waals surface area contributed by atoms with Gasteiger partial charge in [-0.05, 0) is 75.8 Å². The van der Waals surface area contributed by atoms with Gasteiger partial charge in [-0.3, -0.25) is 33.9 Å². The van der Waals surface area contributed by atoms with Crippen molar-refractivity contribution >= 4 is 46.6 Å². The van der Waals surface area contributed by atoms with Gasteiger partial charge in [0.15, 0.2) is 5.75 Å². The molecule has 17 nitrogen and oxygen atoms in total. The highest BCUT2D eigenvalue weighted by molar-refractivity contribution is 6.10. The van der Waals surface area contributed by atoms with Crippen LogP contribution in [0.4, 0.5) is 9.18 Å². The fourth-order valence-electron chi connectivity index (χ4n) is 7.85. The number of pyridine rings is 1. The number of fused-ring (bicyclic) bond motifs is 1. The van der Waals surface area contributed by atoms with E-state index in [2.05, 4.69) is 32.7 Å². The predicted octanol–water partition coefficient (Wildman–Crippen LogP) is 6.70. The number of likely N-dealkylation sites (N-methyl/N-ethyl adjacent to an activating group) is 2. The molecule has 2 aromatic heterocycles. The van der Waals surface area contributed by atoms with E-state index in [1.54, 1.807) is 33.8 Å². The number of benzene rings is 3. The van der Waals surface area contributed by atoms with Crippen LogP contribution in [0.2, 0.25) is 0 Å². The predicted molar refractivity (Wildman–Crippen MR) is 268 cm³/mol. The molecule has 18 heteroatoms. The molecule has 384 valence electrons. The van der Waals surface area contributed by atoms with E-state index in [0.29, 0.717) is 11.5 Å². The van der Waals surface area contributed by atoms with Crippen LogP contribution < -0.4 is 20.7 Å². The number of aryl methyl sites for hydroxylation is 1. The summed E-state index contributed by atoms with van der Waals surface area (Å²) in [5.41, 5.74) is 1.37. The first-order chi connectivity index (χ1) is 34.2. The maximum Gasteiger partial charge on any atom is 0.410 e. The number of amides is 5. The van der Waals surface area contributed by atoms with E-state index in [-0.39, 0.29) is 73.6 Å². The largest absolute Gasteiger partial charge is 0.489 e. The molecule has 0 aliphatic carbocycles. The van der Waals surface area contributed by atoms with Gasteiger partial charge >= 0.3 is 12.1 Å². The van der Waals surface area contributed by atoms with E-state index in [0.717, 1.165) is 17.2 Å². The molecular weight excluding hydrogens is 926 g/mol. The number of ether oxygens (including phenoxy) is 3. The average Bonchev–Trinajstić information content (AvgIpc) is 3.76. The number of carbonyl (C=O) groups is 6.